The second-order valence-electron chi connectivity index (χ2n) is 8.18. The van der Waals surface area contributed by atoms with Gasteiger partial charge in [-0.05, 0) is 31.2 Å². The van der Waals surface area contributed by atoms with Gasteiger partial charge in [-0.3, -0.25) is 0 Å². The van der Waals surface area contributed by atoms with Gasteiger partial charge in [0.15, 0.2) is 12.4 Å². The Morgan fingerprint density at radius 3 is 2.68 bits per heavy atom. The van der Waals surface area contributed by atoms with Crippen LogP contribution in [0.3, 0.4) is 0 Å². The fourth-order valence-corrected chi connectivity index (χ4v) is 4.07. The molecule has 0 spiro atoms. The number of hydrogen-bond donors (Lipinski definition) is 0. The van der Waals surface area contributed by atoms with Crippen LogP contribution in [0.2, 0.25) is 0 Å². The Bertz CT molecular complexity index is 1400. The first-order chi connectivity index (χ1) is 18.2. The van der Waals surface area contributed by atoms with E-state index in [9.17, 15) is 10.1 Å². The van der Waals surface area contributed by atoms with Crippen molar-refractivity contribution in [3.05, 3.63) is 72.0 Å². The van der Waals surface area contributed by atoms with Crippen LogP contribution in [0.25, 0.3) is 22.4 Å². The lowest BCUT2D eigenvalue weighted by atomic mass is 10.0. The van der Waals surface area contributed by atoms with Gasteiger partial charge in [0.05, 0.1) is 44.2 Å². The molecule has 10 nitrogen and oxygen atoms in total. The van der Waals surface area contributed by atoms with Crippen LogP contribution < -0.4 is 9.64 Å². The lowest BCUT2D eigenvalue weighted by Gasteiger charge is -2.28. The Kier molecular flexibility index (Phi) is 7.14. The second-order valence-corrected chi connectivity index (χ2v) is 8.18. The van der Waals surface area contributed by atoms with Crippen LogP contribution in [-0.2, 0) is 16.1 Å². The van der Waals surface area contributed by atoms with Crippen LogP contribution in [0.5, 0.6) is 5.88 Å². The minimum Gasteiger partial charge on any atom is -0.472 e. The van der Waals surface area contributed by atoms with Crippen LogP contribution in [0.4, 0.5) is 5.69 Å². The number of pyridine rings is 1. The first kappa shape index (κ1) is 24.1. The monoisotopic (exact) mass is 500 g/mol. The van der Waals surface area contributed by atoms with Crippen molar-refractivity contribution < 1.29 is 27.9 Å². The van der Waals surface area contributed by atoms with Gasteiger partial charge in [0.25, 0.3) is 0 Å². The standard InChI is InChI=1S/C27H24N4O6/c1-2-35-27(32)23-15-29-37-25(23)17-36-26-22(14-28)21(19-7-10-34-16-19)13-24(30-26)18-3-5-20(6-4-18)31-8-11-33-12-9-31/h3-7,10,13,15-16H,2,8-9,11-12,17H2,1H3. The molecular weight excluding hydrogens is 476 g/mol. The van der Waals surface area contributed by atoms with E-state index in [4.69, 9.17) is 23.2 Å². The molecule has 1 aromatic carbocycles. The Labute approximate surface area is 213 Å². The second kappa shape index (κ2) is 11.0. The number of nitriles is 1. The quantitative estimate of drug-likeness (QED) is 0.320. The third-order valence-corrected chi connectivity index (χ3v) is 5.95. The summed E-state index contributed by atoms with van der Waals surface area (Å²) in [7, 11) is 0. The highest BCUT2D eigenvalue weighted by atomic mass is 16.5. The maximum Gasteiger partial charge on any atom is 0.343 e. The van der Waals surface area contributed by atoms with Gasteiger partial charge < -0.3 is 28.1 Å². The normalized spacial score (nSPS) is 13.2. The molecular formula is C27H24N4O6. The van der Waals surface area contributed by atoms with E-state index in [0.717, 1.165) is 24.3 Å². The number of anilines is 1. The summed E-state index contributed by atoms with van der Waals surface area (Å²) in [6.45, 7) is 4.85. The van der Waals surface area contributed by atoms with Crippen molar-refractivity contribution in [1.82, 2.24) is 10.1 Å². The first-order valence-corrected chi connectivity index (χ1v) is 11.8. The van der Waals surface area contributed by atoms with E-state index < -0.39 is 5.97 Å². The third kappa shape index (κ3) is 5.17. The average Bonchev–Trinajstić information content (AvgIpc) is 3.65. The number of nitrogens with zero attached hydrogens (tertiary/aromatic N) is 4. The molecule has 37 heavy (non-hydrogen) atoms. The van der Waals surface area contributed by atoms with E-state index in [2.05, 4.69) is 21.1 Å². The van der Waals surface area contributed by atoms with E-state index >= 15 is 0 Å². The zero-order valence-corrected chi connectivity index (χ0v) is 20.2. The number of aromatic nitrogens is 2. The SMILES string of the molecule is CCOC(=O)c1cnoc1COc1nc(-c2ccc(N3CCOCC3)cc2)cc(-c2ccoc2)c1C#N. The molecule has 0 saturated carbocycles. The van der Waals surface area contributed by atoms with Gasteiger partial charge in [-0.15, -0.1) is 0 Å². The number of benzene rings is 1. The van der Waals surface area contributed by atoms with Gasteiger partial charge in [-0.1, -0.05) is 17.3 Å². The molecule has 1 aliphatic heterocycles. The van der Waals surface area contributed by atoms with Crippen LogP contribution >= 0.6 is 0 Å². The number of furan rings is 1. The molecule has 4 aromatic rings. The van der Waals surface area contributed by atoms with E-state index in [0.29, 0.717) is 30.0 Å². The highest BCUT2D eigenvalue weighted by molar-refractivity contribution is 5.90. The molecule has 0 radical (unpaired) electrons. The van der Waals surface area contributed by atoms with Gasteiger partial charge >= 0.3 is 5.97 Å². The van der Waals surface area contributed by atoms with Gasteiger partial charge in [0.1, 0.15) is 17.2 Å². The fraction of sp³-hybridized carbons (Fsp3) is 0.259. The molecule has 0 N–H and O–H groups in total. The molecule has 3 aromatic heterocycles. The van der Waals surface area contributed by atoms with Crippen molar-refractivity contribution >= 4 is 11.7 Å². The molecule has 1 aliphatic rings. The molecule has 0 aliphatic carbocycles. The zero-order valence-electron chi connectivity index (χ0n) is 20.2. The van der Waals surface area contributed by atoms with Crippen molar-refractivity contribution in [2.75, 3.05) is 37.8 Å². The largest absolute Gasteiger partial charge is 0.472 e. The van der Waals surface area contributed by atoms with E-state index in [-0.39, 0.29) is 36.0 Å². The fourth-order valence-electron chi connectivity index (χ4n) is 4.07. The molecule has 1 fully saturated rings. The van der Waals surface area contributed by atoms with E-state index in [1.165, 1.54) is 12.5 Å². The third-order valence-electron chi connectivity index (χ3n) is 5.95. The van der Waals surface area contributed by atoms with Gasteiger partial charge in [0, 0.05) is 35.5 Å². The molecule has 0 bridgehead atoms. The maximum absolute atomic E-state index is 12.2. The van der Waals surface area contributed by atoms with Crippen molar-refractivity contribution in [2.24, 2.45) is 0 Å². The Morgan fingerprint density at radius 1 is 1.16 bits per heavy atom. The molecule has 4 heterocycles. The minimum atomic E-state index is -0.566. The van der Waals surface area contributed by atoms with Crippen LogP contribution in [0, 0.1) is 11.3 Å². The summed E-state index contributed by atoms with van der Waals surface area (Å²) in [5, 5.41) is 13.7. The summed E-state index contributed by atoms with van der Waals surface area (Å²) in [6.07, 6.45) is 4.37. The summed E-state index contributed by atoms with van der Waals surface area (Å²) >= 11 is 0. The predicted molar refractivity (Wildman–Crippen MR) is 132 cm³/mol. The first-order valence-electron chi connectivity index (χ1n) is 11.8. The molecule has 188 valence electrons. The highest BCUT2D eigenvalue weighted by Gasteiger charge is 2.21. The van der Waals surface area contributed by atoms with Crippen LogP contribution in [0.15, 0.2) is 64.1 Å². The Hall–Kier alpha value is -4.62. The number of morpholine rings is 1. The Morgan fingerprint density at radius 2 is 1.97 bits per heavy atom. The smallest absolute Gasteiger partial charge is 0.343 e. The summed E-state index contributed by atoms with van der Waals surface area (Å²) in [4.78, 5) is 19.1. The number of hydrogen-bond acceptors (Lipinski definition) is 10. The van der Waals surface area contributed by atoms with Crippen molar-refractivity contribution in [2.45, 2.75) is 13.5 Å². The molecule has 5 rings (SSSR count). The molecule has 1 saturated heterocycles. The summed E-state index contributed by atoms with van der Waals surface area (Å²) in [6, 6.07) is 13.8. The molecule has 0 amide bonds. The molecule has 0 atom stereocenters. The predicted octanol–water partition coefficient (Wildman–Crippen LogP) is 4.46. The summed E-state index contributed by atoms with van der Waals surface area (Å²) in [5.41, 5.74) is 4.27. The number of ether oxygens (including phenoxy) is 3. The van der Waals surface area contributed by atoms with E-state index in [1.807, 2.05) is 30.3 Å². The van der Waals surface area contributed by atoms with Crippen molar-refractivity contribution in [3.63, 3.8) is 0 Å². The number of rotatable bonds is 8. The van der Waals surface area contributed by atoms with Crippen LogP contribution in [0.1, 0.15) is 28.6 Å². The highest BCUT2D eigenvalue weighted by Crippen LogP contribution is 2.34. The maximum atomic E-state index is 12.2. The van der Waals surface area contributed by atoms with Crippen molar-refractivity contribution in [3.8, 4) is 34.3 Å². The van der Waals surface area contributed by atoms with Gasteiger partial charge in [-0.25, -0.2) is 9.78 Å². The number of esters is 1. The zero-order chi connectivity index (χ0) is 25.6. The lowest BCUT2D eigenvalue weighted by molar-refractivity contribution is 0.0521. The Balaban J connectivity index is 1.48. The molecule has 10 heteroatoms. The van der Waals surface area contributed by atoms with E-state index in [1.54, 1.807) is 19.3 Å². The lowest BCUT2D eigenvalue weighted by Crippen LogP contribution is -2.36. The number of carbonyl (C=O) groups excluding carboxylic acids is 1. The summed E-state index contributed by atoms with van der Waals surface area (Å²) in [5.74, 6) is -0.294. The van der Waals surface area contributed by atoms with Gasteiger partial charge in [-0.2, -0.15) is 5.26 Å². The topological polar surface area (TPSA) is 124 Å². The van der Waals surface area contributed by atoms with Crippen LogP contribution in [-0.4, -0.2) is 49.0 Å². The average molecular weight is 501 g/mol. The summed E-state index contributed by atoms with van der Waals surface area (Å²) < 4.78 is 26.9. The number of carbonyl (C=O) groups is 1. The van der Waals surface area contributed by atoms with Crippen molar-refractivity contribution in [1.29, 1.82) is 5.26 Å². The van der Waals surface area contributed by atoms with Gasteiger partial charge in [0.2, 0.25) is 5.88 Å². The molecule has 0 unspecified atom stereocenters. The minimum absolute atomic E-state index is 0.0969.